The Labute approximate surface area is 128 Å². The fourth-order valence-electron chi connectivity index (χ4n) is 1.77. The molecule has 20 heavy (non-hydrogen) atoms. The van der Waals surface area contributed by atoms with Gasteiger partial charge in [-0.05, 0) is 19.4 Å². The highest BCUT2D eigenvalue weighted by Gasteiger charge is 2.20. The molecular weight excluding hydrogens is 288 g/mol. The maximum atomic E-state index is 6.15. The van der Waals surface area contributed by atoms with Crippen molar-refractivity contribution >= 4 is 28.2 Å². The molecule has 0 aliphatic carbocycles. The van der Waals surface area contributed by atoms with Crippen LogP contribution in [0.15, 0.2) is 28.6 Å². The number of thioether (sulfide) groups is 1. The Bertz CT molecular complexity index is 549. The Morgan fingerprint density at radius 2 is 1.85 bits per heavy atom. The van der Waals surface area contributed by atoms with Gasteiger partial charge in [-0.1, -0.05) is 52.9 Å². The molecule has 2 aromatic rings. The van der Waals surface area contributed by atoms with Crippen LogP contribution in [0.5, 0.6) is 0 Å². The van der Waals surface area contributed by atoms with Crippen molar-refractivity contribution < 1.29 is 0 Å². The van der Waals surface area contributed by atoms with Gasteiger partial charge in [0.05, 0.1) is 5.25 Å². The maximum Gasteiger partial charge on any atom is 0.208 e. The predicted octanol–water partition coefficient (Wildman–Crippen LogP) is 3.09. The van der Waals surface area contributed by atoms with Gasteiger partial charge in [0.25, 0.3) is 0 Å². The lowest BCUT2D eigenvalue weighted by molar-refractivity contribution is 0.720. The van der Waals surface area contributed by atoms with E-state index in [9.17, 15) is 0 Å². The SMILES string of the molecule is Cc1ccc(C(Sc2nnc(N(C)C)s2)C(C)N)cc1. The fourth-order valence-corrected chi connectivity index (χ4v) is 3.82. The van der Waals surface area contributed by atoms with E-state index in [1.807, 2.05) is 25.9 Å². The van der Waals surface area contributed by atoms with Crippen molar-refractivity contribution in [3.05, 3.63) is 35.4 Å². The molecule has 2 N–H and O–H groups in total. The van der Waals surface area contributed by atoms with Crippen LogP contribution in [0.1, 0.15) is 23.3 Å². The maximum absolute atomic E-state index is 6.15. The Kier molecular flexibility index (Phi) is 5.01. The minimum Gasteiger partial charge on any atom is -0.353 e. The van der Waals surface area contributed by atoms with Gasteiger partial charge in [0.1, 0.15) is 0 Å². The fraction of sp³-hybridized carbons (Fsp3) is 0.429. The number of hydrogen-bond acceptors (Lipinski definition) is 6. The smallest absolute Gasteiger partial charge is 0.208 e. The van der Waals surface area contributed by atoms with Crippen LogP contribution in [0.4, 0.5) is 5.13 Å². The molecular formula is C14H20N4S2. The summed E-state index contributed by atoms with van der Waals surface area (Å²) in [5.41, 5.74) is 8.64. The van der Waals surface area contributed by atoms with Crippen LogP contribution in [0.25, 0.3) is 0 Å². The lowest BCUT2D eigenvalue weighted by Crippen LogP contribution is -2.22. The van der Waals surface area contributed by atoms with Crippen LogP contribution in [0, 0.1) is 6.92 Å². The summed E-state index contributed by atoms with van der Waals surface area (Å²) in [6, 6.07) is 8.58. The van der Waals surface area contributed by atoms with E-state index in [0.717, 1.165) is 9.47 Å². The first-order chi connectivity index (χ1) is 9.47. The molecule has 2 unspecified atom stereocenters. The summed E-state index contributed by atoms with van der Waals surface area (Å²) in [6.45, 7) is 4.12. The van der Waals surface area contributed by atoms with Crippen molar-refractivity contribution in [1.29, 1.82) is 0 Å². The monoisotopic (exact) mass is 308 g/mol. The number of aryl methyl sites for hydroxylation is 1. The van der Waals surface area contributed by atoms with Crippen LogP contribution in [-0.4, -0.2) is 30.3 Å². The molecule has 6 heteroatoms. The number of nitrogens with zero attached hydrogens (tertiary/aromatic N) is 3. The molecule has 0 bridgehead atoms. The highest BCUT2D eigenvalue weighted by atomic mass is 32.2. The highest BCUT2D eigenvalue weighted by Crippen LogP contribution is 2.39. The Balaban J connectivity index is 2.18. The second-order valence-corrected chi connectivity index (χ2v) is 7.40. The number of anilines is 1. The molecule has 1 heterocycles. The first kappa shape index (κ1) is 15.3. The quantitative estimate of drug-likeness (QED) is 0.860. The molecule has 2 atom stereocenters. The molecule has 4 nitrogen and oxygen atoms in total. The van der Waals surface area contributed by atoms with Crippen molar-refractivity contribution in [3.63, 3.8) is 0 Å². The number of hydrogen-bond donors (Lipinski definition) is 1. The van der Waals surface area contributed by atoms with Crippen molar-refractivity contribution in [3.8, 4) is 0 Å². The van der Waals surface area contributed by atoms with Gasteiger partial charge in [0, 0.05) is 20.1 Å². The average molecular weight is 308 g/mol. The molecule has 0 aliphatic rings. The molecule has 1 aromatic carbocycles. The van der Waals surface area contributed by atoms with Crippen molar-refractivity contribution in [2.24, 2.45) is 5.73 Å². The van der Waals surface area contributed by atoms with Gasteiger partial charge in [-0.25, -0.2) is 0 Å². The summed E-state index contributed by atoms with van der Waals surface area (Å²) in [6.07, 6.45) is 0. The van der Waals surface area contributed by atoms with Gasteiger partial charge in [-0.15, -0.1) is 10.2 Å². The van der Waals surface area contributed by atoms with Crippen LogP contribution in [0.2, 0.25) is 0 Å². The third-order valence-corrected chi connectivity index (χ3v) is 5.55. The first-order valence-electron chi connectivity index (χ1n) is 6.47. The summed E-state index contributed by atoms with van der Waals surface area (Å²) in [7, 11) is 3.94. The summed E-state index contributed by atoms with van der Waals surface area (Å²) in [5, 5.41) is 9.52. The van der Waals surface area contributed by atoms with E-state index >= 15 is 0 Å². The van der Waals surface area contributed by atoms with Gasteiger partial charge in [0.2, 0.25) is 5.13 Å². The molecule has 0 fully saturated rings. The third kappa shape index (κ3) is 3.71. The van der Waals surface area contributed by atoms with E-state index < -0.39 is 0 Å². The third-order valence-electron chi connectivity index (χ3n) is 2.89. The predicted molar refractivity (Wildman–Crippen MR) is 87.7 cm³/mol. The van der Waals surface area contributed by atoms with E-state index in [1.54, 1.807) is 23.1 Å². The second kappa shape index (κ2) is 6.56. The molecule has 0 spiro atoms. The first-order valence-corrected chi connectivity index (χ1v) is 8.16. The average Bonchev–Trinajstić information content (AvgIpc) is 2.86. The summed E-state index contributed by atoms with van der Waals surface area (Å²) < 4.78 is 0.955. The van der Waals surface area contributed by atoms with Crippen LogP contribution in [0.3, 0.4) is 0 Å². The summed E-state index contributed by atoms with van der Waals surface area (Å²) in [5.74, 6) is 0. The zero-order chi connectivity index (χ0) is 14.7. The lowest BCUT2D eigenvalue weighted by Gasteiger charge is -2.19. The number of nitrogens with two attached hydrogens (primary N) is 1. The van der Waals surface area contributed by atoms with E-state index in [1.165, 1.54) is 11.1 Å². The zero-order valence-electron chi connectivity index (χ0n) is 12.2. The molecule has 1 aromatic heterocycles. The number of benzene rings is 1. The Morgan fingerprint density at radius 1 is 1.20 bits per heavy atom. The molecule has 0 aliphatic heterocycles. The van der Waals surface area contributed by atoms with Crippen LogP contribution >= 0.6 is 23.1 Å². The van der Waals surface area contributed by atoms with Gasteiger partial charge in [-0.3, -0.25) is 0 Å². The van der Waals surface area contributed by atoms with E-state index in [2.05, 4.69) is 41.4 Å². The zero-order valence-corrected chi connectivity index (χ0v) is 13.8. The van der Waals surface area contributed by atoms with Gasteiger partial charge < -0.3 is 10.6 Å². The molecule has 0 saturated carbocycles. The Hall–Kier alpha value is -1.11. The van der Waals surface area contributed by atoms with Crippen molar-refractivity contribution in [1.82, 2.24) is 10.2 Å². The second-order valence-electron chi connectivity index (χ2n) is 5.05. The molecule has 108 valence electrons. The molecule has 0 saturated heterocycles. The van der Waals surface area contributed by atoms with Crippen molar-refractivity contribution in [2.75, 3.05) is 19.0 Å². The van der Waals surface area contributed by atoms with Gasteiger partial charge in [0.15, 0.2) is 4.34 Å². The standard InChI is InChI=1S/C14H20N4S2/c1-9-5-7-11(8-6-9)12(10(2)15)19-14-17-16-13(20-14)18(3)4/h5-8,10,12H,15H2,1-4H3. The molecule has 2 rings (SSSR count). The Morgan fingerprint density at radius 3 is 2.35 bits per heavy atom. The summed E-state index contributed by atoms with van der Waals surface area (Å²) in [4.78, 5) is 1.97. The van der Waals surface area contributed by atoms with Gasteiger partial charge in [-0.2, -0.15) is 0 Å². The lowest BCUT2D eigenvalue weighted by atomic mass is 10.1. The van der Waals surface area contributed by atoms with Crippen LogP contribution < -0.4 is 10.6 Å². The van der Waals surface area contributed by atoms with E-state index in [-0.39, 0.29) is 11.3 Å². The summed E-state index contributed by atoms with van der Waals surface area (Å²) >= 11 is 3.28. The largest absolute Gasteiger partial charge is 0.353 e. The van der Waals surface area contributed by atoms with E-state index in [0.29, 0.717) is 0 Å². The van der Waals surface area contributed by atoms with Crippen LogP contribution in [-0.2, 0) is 0 Å². The number of aromatic nitrogens is 2. The minimum atomic E-state index is 0.0504. The highest BCUT2D eigenvalue weighted by molar-refractivity contribution is 8.01. The minimum absolute atomic E-state index is 0.0504. The molecule has 0 amide bonds. The van der Waals surface area contributed by atoms with Gasteiger partial charge >= 0.3 is 0 Å². The topological polar surface area (TPSA) is 55.0 Å². The normalized spacial score (nSPS) is 14.1. The van der Waals surface area contributed by atoms with Crippen molar-refractivity contribution in [2.45, 2.75) is 29.5 Å². The number of rotatable bonds is 5. The molecule has 0 radical (unpaired) electrons. The van der Waals surface area contributed by atoms with E-state index in [4.69, 9.17) is 5.73 Å².